The molecule has 0 fully saturated rings. The Morgan fingerprint density at radius 2 is 0.855 bits per heavy atom. The summed E-state index contributed by atoms with van der Waals surface area (Å²) < 4.78 is 25.3. The Morgan fingerprint density at radius 1 is 0.327 bits per heavy atom. The topological polar surface area (TPSA) is 68.7 Å². The smallest absolute Gasteiger partial charge is 0.227 e. The fourth-order valence-corrected chi connectivity index (χ4v) is 8.09. The molecule has 0 saturated heterocycles. The van der Waals surface area contributed by atoms with Crippen LogP contribution >= 0.6 is 0 Å². The number of hydrogen-bond donors (Lipinski definition) is 0. The number of hydrogen-bond acceptors (Lipinski definition) is 6. The first kappa shape index (κ1) is 29.9. The summed E-state index contributed by atoms with van der Waals surface area (Å²) in [5, 5.41) is 6.34. The van der Waals surface area contributed by atoms with Gasteiger partial charge >= 0.3 is 0 Å². The number of anilines is 3. The molecule has 4 heterocycles. The average molecular weight is 709 g/mol. The largest absolute Gasteiger partial charge is 0.456 e. The lowest BCUT2D eigenvalue weighted by Crippen LogP contribution is -2.09. The lowest BCUT2D eigenvalue weighted by Gasteiger charge is -2.25. The van der Waals surface area contributed by atoms with Crippen LogP contribution in [0.2, 0.25) is 0 Å². The second kappa shape index (κ2) is 11.5. The number of nitrogens with zero attached hydrogens (tertiary/aromatic N) is 2. The molecule has 258 valence electrons. The van der Waals surface area contributed by atoms with Crippen LogP contribution in [-0.2, 0) is 0 Å². The SMILES string of the molecule is c1ccc(-c2nc3c(ccc4oc5cc(-c6ccc(N(c7ccc8c(c7)oc7ccccc78)c7ccc8c(c7)oc7ccccc78)cc6)ccc5c43)o2)cc1. The molecule has 0 saturated carbocycles. The standard InChI is InChI=1S/C49H28N2O4/c1-2-8-30(9-3-1)49-50-48-43(55-49)25-24-42-47(48)39-21-16-31(26-44(39)54-42)29-14-17-32(18-15-29)51(33-19-22-37-35-10-4-6-12-40(35)52-45(37)27-33)34-20-23-38-36-11-5-7-13-41(36)53-46(38)28-34/h1-28H. The summed E-state index contributed by atoms with van der Waals surface area (Å²) in [6.45, 7) is 0. The second-order valence-corrected chi connectivity index (χ2v) is 13.9. The van der Waals surface area contributed by atoms with Gasteiger partial charge in [0.1, 0.15) is 39.0 Å². The fourth-order valence-electron chi connectivity index (χ4n) is 8.09. The maximum atomic E-state index is 6.42. The Kier molecular flexibility index (Phi) is 6.24. The molecule has 6 nitrogen and oxygen atoms in total. The van der Waals surface area contributed by atoms with Gasteiger partial charge < -0.3 is 22.6 Å². The van der Waals surface area contributed by atoms with Crippen molar-refractivity contribution in [2.45, 2.75) is 0 Å². The van der Waals surface area contributed by atoms with Crippen molar-refractivity contribution in [1.29, 1.82) is 0 Å². The third-order valence-electron chi connectivity index (χ3n) is 10.7. The molecule has 12 aromatic rings. The van der Waals surface area contributed by atoms with Crippen LogP contribution in [0.25, 0.3) is 99.5 Å². The van der Waals surface area contributed by atoms with Crippen molar-refractivity contribution in [3.05, 3.63) is 170 Å². The highest BCUT2D eigenvalue weighted by Gasteiger charge is 2.20. The van der Waals surface area contributed by atoms with Crippen LogP contribution in [0.5, 0.6) is 0 Å². The predicted octanol–water partition coefficient (Wildman–Crippen LogP) is 14.3. The van der Waals surface area contributed by atoms with E-state index in [2.05, 4.69) is 95.9 Å². The zero-order chi connectivity index (χ0) is 36.0. The van der Waals surface area contributed by atoms with Crippen molar-refractivity contribution in [2.24, 2.45) is 0 Å². The molecule has 0 N–H and O–H groups in total. The number of benzene rings is 8. The Hall–Kier alpha value is -7.57. The number of rotatable bonds is 5. The summed E-state index contributed by atoms with van der Waals surface area (Å²) in [7, 11) is 0. The maximum Gasteiger partial charge on any atom is 0.227 e. The number of aromatic nitrogens is 1. The normalized spacial score (nSPS) is 12.0. The summed E-state index contributed by atoms with van der Waals surface area (Å²) in [5.74, 6) is 0.596. The van der Waals surface area contributed by atoms with Gasteiger partial charge in [-0.25, -0.2) is 4.98 Å². The molecule has 0 aliphatic rings. The number of furan rings is 3. The van der Waals surface area contributed by atoms with Crippen molar-refractivity contribution >= 4 is 94.0 Å². The zero-order valence-electron chi connectivity index (χ0n) is 29.2. The Balaban J connectivity index is 0.956. The van der Waals surface area contributed by atoms with Gasteiger partial charge in [0.25, 0.3) is 0 Å². The van der Waals surface area contributed by atoms with E-state index < -0.39 is 0 Å². The molecule has 0 radical (unpaired) electrons. The van der Waals surface area contributed by atoms with Crippen molar-refractivity contribution < 1.29 is 17.7 Å². The van der Waals surface area contributed by atoms with Gasteiger partial charge in [0.15, 0.2) is 5.58 Å². The van der Waals surface area contributed by atoms with Crippen LogP contribution in [0.3, 0.4) is 0 Å². The first-order valence-corrected chi connectivity index (χ1v) is 18.3. The van der Waals surface area contributed by atoms with Gasteiger partial charge in [-0.3, -0.25) is 0 Å². The fraction of sp³-hybridized carbons (Fsp3) is 0. The second-order valence-electron chi connectivity index (χ2n) is 13.9. The Bertz CT molecular complexity index is 3330. The Labute approximate surface area is 313 Å². The minimum absolute atomic E-state index is 0.596. The first-order valence-electron chi connectivity index (χ1n) is 18.3. The van der Waals surface area contributed by atoms with Gasteiger partial charge in [-0.15, -0.1) is 0 Å². The van der Waals surface area contributed by atoms with Crippen molar-refractivity contribution in [3.8, 4) is 22.6 Å². The van der Waals surface area contributed by atoms with Crippen LogP contribution < -0.4 is 4.90 Å². The van der Waals surface area contributed by atoms with Crippen LogP contribution in [-0.4, -0.2) is 4.98 Å². The number of oxazole rings is 1. The summed E-state index contributed by atoms with van der Waals surface area (Å²) in [5.41, 5.74) is 12.6. The average Bonchev–Trinajstić information content (AvgIpc) is 4.02. The summed E-state index contributed by atoms with van der Waals surface area (Å²) in [6.07, 6.45) is 0. The highest BCUT2D eigenvalue weighted by Crippen LogP contribution is 2.42. The minimum atomic E-state index is 0.596. The van der Waals surface area contributed by atoms with Gasteiger partial charge in [-0.05, 0) is 96.1 Å². The summed E-state index contributed by atoms with van der Waals surface area (Å²) in [6, 6.07) is 58.1. The highest BCUT2D eigenvalue weighted by molar-refractivity contribution is 6.17. The molecule has 8 aromatic carbocycles. The molecule has 0 spiro atoms. The Morgan fingerprint density at radius 3 is 1.55 bits per heavy atom. The third kappa shape index (κ3) is 4.65. The predicted molar refractivity (Wildman–Crippen MR) is 221 cm³/mol. The summed E-state index contributed by atoms with van der Waals surface area (Å²) >= 11 is 0. The lowest BCUT2D eigenvalue weighted by atomic mass is 10.0. The van der Waals surface area contributed by atoms with E-state index >= 15 is 0 Å². The van der Waals surface area contributed by atoms with E-state index in [0.717, 1.165) is 111 Å². The molecule has 0 bridgehead atoms. The van der Waals surface area contributed by atoms with E-state index in [9.17, 15) is 0 Å². The van der Waals surface area contributed by atoms with E-state index in [1.807, 2.05) is 78.9 Å². The van der Waals surface area contributed by atoms with Gasteiger partial charge in [0.2, 0.25) is 5.89 Å². The highest BCUT2D eigenvalue weighted by atomic mass is 16.4. The van der Waals surface area contributed by atoms with Gasteiger partial charge in [0.05, 0.1) is 5.39 Å². The third-order valence-corrected chi connectivity index (χ3v) is 10.7. The van der Waals surface area contributed by atoms with E-state index in [1.165, 1.54) is 0 Å². The minimum Gasteiger partial charge on any atom is -0.456 e. The van der Waals surface area contributed by atoms with Crippen molar-refractivity contribution in [2.75, 3.05) is 4.90 Å². The number of fused-ring (bicyclic) bond motifs is 11. The molecular formula is C49H28N2O4. The van der Waals surface area contributed by atoms with E-state index in [-0.39, 0.29) is 0 Å². The molecule has 4 aromatic heterocycles. The quantitative estimate of drug-likeness (QED) is 0.177. The molecule has 0 aliphatic heterocycles. The van der Waals surface area contributed by atoms with Crippen molar-refractivity contribution in [3.63, 3.8) is 0 Å². The van der Waals surface area contributed by atoms with Crippen molar-refractivity contribution in [1.82, 2.24) is 4.98 Å². The number of para-hydroxylation sites is 2. The lowest BCUT2D eigenvalue weighted by molar-refractivity contribution is 0.619. The molecule has 0 aliphatic carbocycles. The van der Waals surface area contributed by atoms with E-state index in [4.69, 9.17) is 22.7 Å². The van der Waals surface area contributed by atoms with Crippen LogP contribution in [0.1, 0.15) is 0 Å². The molecule has 0 unspecified atom stereocenters. The maximum absolute atomic E-state index is 6.42. The van der Waals surface area contributed by atoms with Gasteiger partial charge in [-0.2, -0.15) is 0 Å². The molecule has 0 amide bonds. The molecule has 12 rings (SSSR count). The first-order chi connectivity index (χ1) is 27.2. The van der Waals surface area contributed by atoms with Crippen LogP contribution in [0.15, 0.2) is 188 Å². The van der Waals surface area contributed by atoms with Gasteiger partial charge in [-0.1, -0.05) is 72.8 Å². The summed E-state index contributed by atoms with van der Waals surface area (Å²) in [4.78, 5) is 7.15. The zero-order valence-corrected chi connectivity index (χ0v) is 29.2. The van der Waals surface area contributed by atoms with E-state index in [1.54, 1.807) is 0 Å². The molecule has 6 heteroatoms. The monoisotopic (exact) mass is 708 g/mol. The van der Waals surface area contributed by atoms with E-state index in [0.29, 0.717) is 5.89 Å². The van der Waals surface area contributed by atoms with Gasteiger partial charge in [0, 0.05) is 61.7 Å². The van der Waals surface area contributed by atoms with Crippen LogP contribution in [0, 0.1) is 0 Å². The molecule has 55 heavy (non-hydrogen) atoms. The molecule has 0 atom stereocenters. The van der Waals surface area contributed by atoms with Crippen LogP contribution in [0.4, 0.5) is 17.1 Å². The molecular weight excluding hydrogens is 681 g/mol.